The summed E-state index contributed by atoms with van der Waals surface area (Å²) in [6.07, 6.45) is 0.283. The second kappa shape index (κ2) is 7.18. The normalized spacial score (nSPS) is 10.7. The quantitative estimate of drug-likeness (QED) is 0.549. The van der Waals surface area contributed by atoms with Crippen molar-refractivity contribution >= 4 is 34.0 Å². The molecule has 0 atom stereocenters. The van der Waals surface area contributed by atoms with Crippen LogP contribution in [0.2, 0.25) is 0 Å². The molecule has 24 heavy (non-hydrogen) atoms. The van der Waals surface area contributed by atoms with Crippen molar-refractivity contribution in [1.82, 2.24) is 9.97 Å². The third-order valence-electron chi connectivity index (χ3n) is 3.39. The third kappa shape index (κ3) is 3.75. The minimum Gasteiger partial charge on any atom is -0.457 e. The number of aryl methyl sites for hydroxylation is 1. The summed E-state index contributed by atoms with van der Waals surface area (Å²) in [5, 5.41) is 2.29. The number of rotatable bonds is 6. The van der Waals surface area contributed by atoms with Crippen molar-refractivity contribution in [1.29, 1.82) is 0 Å². The van der Waals surface area contributed by atoms with Crippen LogP contribution in [-0.2, 0) is 16.0 Å². The molecule has 1 N–H and O–H groups in total. The first-order valence-corrected chi connectivity index (χ1v) is 8.22. The van der Waals surface area contributed by atoms with Crippen molar-refractivity contribution in [2.24, 2.45) is 0 Å². The van der Waals surface area contributed by atoms with Crippen LogP contribution in [0.25, 0.3) is 10.9 Å². The molecule has 0 aliphatic carbocycles. The van der Waals surface area contributed by atoms with E-state index in [1.807, 2.05) is 0 Å². The molecule has 6 nitrogen and oxygen atoms in total. The van der Waals surface area contributed by atoms with Crippen molar-refractivity contribution in [3.8, 4) is 0 Å². The average molecular weight is 342 g/mol. The fourth-order valence-corrected chi connectivity index (χ4v) is 2.85. The van der Waals surface area contributed by atoms with Gasteiger partial charge in [-0.3, -0.25) is 14.4 Å². The van der Waals surface area contributed by atoms with Gasteiger partial charge in [0.05, 0.1) is 22.2 Å². The summed E-state index contributed by atoms with van der Waals surface area (Å²) >= 11 is 1.31. The SMILES string of the molecule is O=C(CCc1nc2ccccc2c(=O)[nH]1)OCC(=O)c1cccs1. The Morgan fingerprint density at radius 2 is 2.00 bits per heavy atom. The number of aromatic nitrogens is 2. The highest BCUT2D eigenvalue weighted by molar-refractivity contribution is 7.12. The number of nitrogens with zero attached hydrogens (tertiary/aromatic N) is 1. The molecular weight excluding hydrogens is 328 g/mol. The summed E-state index contributed by atoms with van der Waals surface area (Å²) in [7, 11) is 0. The molecule has 3 rings (SSSR count). The number of aromatic amines is 1. The van der Waals surface area contributed by atoms with Gasteiger partial charge in [-0.1, -0.05) is 18.2 Å². The smallest absolute Gasteiger partial charge is 0.306 e. The lowest BCUT2D eigenvalue weighted by Crippen LogP contribution is -2.16. The molecule has 0 saturated carbocycles. The van der Waals surface area contributed by atoms with Crippen molar-refractivity contribution in [3.63, 3.8) is 0 Å². The predicted molar refractivity (Wildman–Crippen MR) is 90.3 cm³/mol. The number of ketones is 1. The maximum atomic E-state index is 11.9. The molecule has 0 unspecified atom stereocenters. The van der Waals surface area contributed by atoms with Crippen molar-refractivity contribution < 1.29 is 14.3 Å². The lowest BCUT2D eigenvalue weighted by atomic mass is 10.2. The first-order chi connectivity index (χ1) is 11.6. The molecule has 1 aromatic carbocycles. The number of hydrogen-bond acceptors (Lipinski definition) is 6. The van der Waals surface area contributed by atoms with Crippen LogP contribution in [0, 0.1) is 0 Å². The van der Waals surface area contributed by atoms with Gasteiger partial charge in [0, 0.05) is 6.42 Å². The Morgan fingerprint density at radius 1 is 1.17 bits per heavy atom. The van der Waals surface area contributed by atoms with E-state index in [9.17, 15) is 14.4 Å². The van der Waals surface area contributed by atoms with E-state index < -0.39 is 5.97 Å². The minimum absolute atomic E-state index is 0.0407. The molecule has 0 radical (unpaired) electrons. The summed E-state index contributed by atoms with van der Waals surface area (Å²) < 4.78 is 4.97. The van der Waals surface area contributed by atoms with E-state index in [0.29, 0.717) is 21.6 Å². The number of carbonyl (C=O) groups excluding carboxylic acids is 2. The number of benzene rings is 1. The molecule has 0 amide bonds. The Hall–Kier alpha value is -2.80. The number of carbonyl (C=O) groups is 2. The topological polar surface area (TPSA) is 89.1 Å². The fraction of sp³-hybridized carbons (Fsp3) is 0.176. The molecule has 0 fully saturated rings. The lowest BCUT2D eigenvalue weighted by Gasteiger charge is -2.04. The highest BCUT2D eigenvalue weighted by Crippen LogP contribution is 2.10. The van der Waals surface area contributed by atoms with Crippen LogP contribution in [0.1, 0.15) is 21.9 Å². The molecule has 2 heterocycles. The molecule has 0 bridgehead atoms. The molecule has 7 heteroatoms. The largest absolute Gasteiger partial charge is 0.457 e. The summed E-state index contributed by atoms with van der Waals surface area (Å²) in [6, 6.07) is 10.4. The van der Waals surface area contributed by atoms with Crippen LogP contribution in [0.15, 0.2) is 46.6 Å². The molecule has 0 spiro atoms. The number of para-hydroxylation sites is 1. The Labute approximate surface area is 141 Å². The number of esters is 1. The first kappa shape index (κ1) is 16.1. The Morgan fingerprint density at radius 3 is 2.79 bits per heavy atom. The molecule has 3 aromatic rings. The van der Waals surface area contributed by atoms with E-state index >= 15 is 0 Å². The van der Waals surface area contributed by atoms with Crippen molar-refractivity contribution in [2.75, 3.05) is 6.61 Å². The van der Waals surface area contributed by atoms with Crippen LogP contribution < -0.4 is 5.56 Å². The van der Waals surface area contributed by atoms with Gasteiger partial charge in [0.2, 0.25) is 5.78 Å². The van der Waals surface area contributed by atoms with Crippen LogP contribution in [0.3, 0.4) is 0 Å². The van der Waals surface area contributed by atoms with E-state index in [1.54, 1.807) is 41.8 Å². The number of fused-ring (bicyclic) bond motifs is 1. The number of thiophene rings is 1. The van der Waals surface area contributed by atoms with Gasteiger partial charge in [-0.25, -0.2) is 4.98 Å². The zero-order valence-corrected chi connectivity index (χ0v) is 13.5. The molecule has 2 aromatic heterocycles. The Balaban J connectivity index is 1.56. The van der Waals surface area contributed by atoms with Crippen molar-refractivity contribution in [2.45, 2.75) is 12.8 Å². The van der Waals surface area contributed by atoms with Gasteiger partial charge in [-0.05, 0) is 23.6 Å². The zero-order valence-electron chi connectivity index (χ0n) is 12.7. The number of ether oxygens (including phenoxy) is 1. The lowest BCUT2D eigenvalue weighted by molar-refractivity contribution is -0.142. The van der Waals surface area contributed by atoms with Gasteiger partial charge in [0.25, 0.3) is 5.56 Å². The maximum Gasteiger partial charge on any atom is 0.306 e. The average Bonchev–Trinajstić information content (AvgIpc) is 3.12. The fourth-order valence-electron chi connectivity index (χ4n) is 2.20. The predicted octanol–water partition coefficient (Wildman–Crippen LogP) is 2.34. The summed E-state index contributed by atoms with van der Waals surface area (Å²) in [5.41, 5.74) is 0.342. The van der Waals surface area contributed by atoms with Crippen LogP contribution in [-0.4, -0.2) is 28.3 Å². The summed E-state index contributed by atoms with van der Waals surface area (Å²) in [4.78, 5) is 43.0. The van der Waals surface area contributed by atoms with Gasteiger partial charge < -0.3 is 9.72 Å². The highest BCUT2D eigenvalue weighted by Gasteiger charge is 2.12. The van der Waals surface area contributed by atoms with Gasteiger partial charge in [-0.15, -0.1) is 11.3 Å². The summed E-state index contributed by atoms with van der Waals surface area (Å²) in [5.74, 6) is -0.313. The maximum absolute atomic E-state index is 11.9. The Kier molecular flexibility index (Phi) is 4.81. The first-order valence-electron chi connectivity index (χ1n) is 7.34. The summed E-state index contributed by atoms with van der Waals surface area (Å²) in [6.45, 7) is -0.277. The van der Waals surface area contributed by atoms with E-state index in [0.717, 1.165) is 0 Å². The minimum atomic E-state index is -0.504. The van der Waals surface area contributed by atoms with Gasteiger partial charge in [0.15, 0.2) is 6.61 Å². The van der Waals surface area contributed by atoms with Gasteiger partial charge in [0.1, 0.15) is 5.82 Å². The van der Waals surface area contributed by atoms with Gasteiger partial charge in [-0.2, -0.15) is 0 Å². The number of hydrogen-bond donors (Lipinski definition) is 1. The third-order valence-corrected chi connectivity index (χ3v) is 4.30. The molecular formula is C17H14N2O4S. The van der Waals surface area contributed by atoms with Crippen LogP contribution >= 0.6 is 11.3 Å². The van der Waals surface area contributed by atoms with Gasteiger partial charge >= 0.3 is 5.97 Å². The van der Waals surface area contributed by atoms with Crippen LogP contribution in [0.5, 0.6) is 0 Å². The number of nitrogens with one attached hydrogen (secondary N) is 1. The van der Waals surface area contributed by atoms with Crippen LogP contribution in [0.4, 0.5) is 0 Å². The van der Waals surface area contributed by atoms with E-state index in [1.165, 1.54) is 11.3 Å². The number of H-pyrrole nitrogens is 1. The Bertz CT molecular complexity index is 931. The molecule has 122 valence electrons. The second-order valence-electron chi connectivity index (χ2n) is 5.09. The molecule has 0 aliphatic rings. The van der Waals surface area contributed by atoms with E-state index in [-0.39, 0.29) is 30.8 Å². The number of Topliss-reactive ketones (excluding diaryl/α,β-unsaturated/α-hetero) is 1. The van der Waals surface area contributed by atoms with E-state index in [4.69, 9.17) is 4.74 Å². The standard InChI is InChI=1S/C17H14N2O4S/c20-13(14-6-3-9-24-14)10-23-16(21)8-7-15-18-12-5-2-1-4-11(12)17(22)19-15/h1-6,9H,7-8,10H2,(H,18,19,22). The molecule has 0 saturated heterocycles. The van der Waals surface area contributed by atoms with E-state index in [2.05, 4.69) is 9.97 Å². The zero-order chi connectivity index (χ0) is 16.9. The highest BCUT2D eigenvalue weighted by atomic mass is 32.1. The molecule has 0 aliphatic heterocycles. The second-order valence-corrected chi connectivity index (χ2v) is 6.04. The monoisotopic (exact) mass is 342 g/mol. The van der Waals surface area contributed by atoms with Crippen molar-refractivity contribution in [3.05, 3.63) is 62.8 Å².